The largest absolute Gasteiger partial charge is 0.370 e. The van der Waals surface area contributed by atoms with Crippen molar-refractivity contribution in [3.05, 3.63) is 35.9 Å². The summed E-state index contributed by atoms with van der Waals surface area (Å²) >= 11 is 1.59. The van der Waals surface area contributed by atoms with E-state index in [4.69, 9.17) is 5.73 Å². The van der Waals surface area contributed by atoms with Crippen LogP contribution in [-0.2, 0) is 5.41 Å². The fourth-order valence-corrected chi connectivity index (χ4v) is 2.73. The molecule has 0 aliphatic rings. The molecule has 2 rings (SSSR count). The summed E-state index contributed by atoms with van der Waals surface area (Å²) in [5.74, 6) is 1.06. The Hall–Kier alpha value is -1.75. The molecule has 1 aromatic carbocycles. The number of benzene rings is 1. The second-order valence-corrected chi connectivity index (χ2v) is 6.95. The number of hydrogen-bond acceptors (Lipinski definition) is 5. The van der Waals surface area contributed by atoms with E-state index in [-0.39, 0.29) is 5.41 Å². The van der Waals surface area contributed by atoms with Crippen LogP contribution in [0.4, 0.5) is 11.8 Å². The Morgan fingerprint density at radius 2 is 1.81 bits per heavy atom. The molecule has 4 nitrogen and oxygen atoms in total. The molecular weight excluding hydrogens is 280 g/mol. The average Bonchev–Trinajstić information content (AvgIpc) is 2.38. The van der Waals surface area contributed by atoms with E-state index >= 15 is 0 Å². The van der Waals surface area contributed by atoms with E-state index in [0.717, 1.165) is 22.3 Å². The van der Waals surface area contributed by atoms with E-state index in [2.05, 4.69) is 60.3 Å². The predicted molar refractivity (Wildman–Crippen MR) is 89.9 cm³/mol. The molecule has 5 heteroatoms. The smallest absolute Gasteiger partial charge is 0.223 e. The van der Waals surface area contributed by atoms with Crippen LogP contribution in [0.25, 0.3) is 0 Å². The molecule has 0 fully saturated rings. The lowest BCUT2D eigenvalue weighted by Gasteiger charge is -2.19. The molecule has 0 aliphatic heterocycles. The first-order chi connectivity index (χ1) is 9.88. The zero-order chi connectivity index (χ0) is 15.5. The van der Waals surface area contributed by atoms with E-state index in [1.807, 2.05) is 13.0 Å². The topological polar surface area (TPSA) is 63.8 Å². The number of nitrogens with zero attached hydrogens (tertiary/aromatic N) is 2. The van der Waals surface area contributed by atoms with Gasteiger partial charge in [-0.2, -0.15) is 4.98 Å². The average molecular weight is 302 g/mol. The molecular formula is C16H22N4S. The monoisotopic (exact) mass is 302 g/mol. The first-order valence-corrected chi connectivity index (χ1v) is 7.87. The molecule has 0 aliphatic carbocycles. The van der Waals surface area contributed by atoms with E-state index in [9.17, 15) is 0 Å². The van der Waals surface area contributed by atoms with Gasteiger partial charge in [-0.15, -0.1) is 0 Å². The standard InChI is InChI=1S/C16H22N4S/c1-5-18-13-10-14(20-15(17)19-13)21-12-8-6-11(7-9-12)16(2,3)4/h6-10H,5H2,1-4H3,(H3,17,18,19,20). The fraction of sp³-hybridized carbons (Fsp3) is 0.375. The van der Waals surface area contributed by atoms with Crippen LogP contribution in [0.15, 0.2) is 40.3 Å². The van der Waals surface area contributed by atoms with Crippen molar-refractivity contribution in [1.82, 2.24) is 9.97 Å². The van der Waals surface area contributed by atoms with Crippen molar-refractivity contribution >= 4 is 23.5 Å². The SMILES string of the molecule is CCNc1cc(Sc2ccc(C(C)(C)C)cc2)nc(N)n1. The summed E-state index contributed by atoms with van der Waals surface area (Å²) in [7, 11) is 0. The Kier molecular flexibility index (Phi) is 4.73. The van der Waals surface area contributed by atoms with Gasteiger partial charge in [0.1, 0.15) is 10.8 Å². The van der Waals surface area contributed by atoms with Crippen molar-refractivity contribution in [3.8, 4) is 0 Å². The van der Waals surface area contributed by atoms with E-state index in [0.29, 0.717) is 5.95 Å². The van der Waals surface area contributed by atoms with Gasteiger partial charge in [0.25, 0.3) is 0 Å². The molecule has 21 heavy (non-hydrogen) atoms. The number of anilines is 2. The quantitative estimate of drug-likeness (QED) is 0.838. The minimum Gasteiger partial charge on any atom is -0.370 e. The molecule has 2 aromatic rings. The van der Waals surface area contributed by atoms with Gasteiger partial charge in [-0.05, 0) is 30.0 Å². The van der Waals surface area contributed by atoms with Crippen molar-refractivity contribution in [3.63, 3.8) is 0 Å². The summed E-state index contributed by atoms with van der Waals surface area (Å²) in [6.07, 6.45) is 0. The third kappa shape index (κ3) is 4.36. The summed E-state index contributed by atoms with van der Waals surface area (Å²) < 4.78 is 0. The van der Waals surface area contributed by atoms with Gasteiger partial charge in [0.15, 0.2) is 0 Å². The molecule has 0 radical (unpaired) electrons. The highest BCUT2D eigenvalue weighted by Gasteiger charge is 2.13. The van der Waals surface area contributed by atoms with Crippen LogP contribution in [0.5, 0.6) is 0 Å². The van der Waals surface area contributed by atoms with Crippen LogP contribution in [0.2, 0.25) is 0 Å². The van der Waals surface area contributed by atoms with E-state index in [1.165, 1.54) is 5.56 Å². The summed E-state index contributed by atoms with van der Waals surface area (Å²) in [6.45, 7) is 9.46. The highest BCUT2D eigenvalue weighted by molar-refractivity contribution is 7.99. The lowest BCUT2D eigenvalue weighted by Crippen LogP contribution is -2.10. The normalized spacial score (nSPS) is 11.4. The summed E-state index contributed by atoms with van der Waals surface area (Å²) in [6, 6.07) is 10.5. The minimum absolute atomic E-state index is 0.167. The third-order valence-corrected chi connectivity index (χ3v) is 3.95. The predicted octanol–water partition coefficient (Wildman–Crippen LogP) is 3.94. The zero-order valence-corrected chi connectivity index (χ0v) is 13.8. The molecule has 3 N–H and O–H groups in total. The Bertz CT molecular complexity index is 603. The van der Waals surface area contributed by atoms with Gasteiger partial charge in [0.2, 0.25) is 5.95 Å². The Morgan fingerprint density at radius 3 is 2.38 bits per heavy atom. The summed E-state index contributed by atoms with van der Waals surface area (Å²) in [5, 5.41) is 4.01. The van der Waals surface area contributed by atoms with Crippen molar-refractivity contribution in [2.45, 2.75) is 43.0 Å². The van der Waals surface area contributed by atoms with E-state index < -0.39 is 0 Å². The molecule has 0 amide bonds. The Morgan fingerprint density at radius 1 is 1.14 bits per heavy atom. The second kappa shape index (κ2) is 6.35. The van der Waals surface area contributed by atoms with Crippen molar-refractivity contribution < 1.29 is 0 Å². The van der Waals surface area contributed by atoms with E-state index in [1.54, 1.807) is 11.8 Å². The van der Waals surface area contributed by atoms with Crippen LogP contribution in [0, 0.1) is 0 Å². The maximum absolute atomic E-state index is 5.75. The molecule has 0 bridgehead atoms. The van der Waals surface area contributed by atoms with Crippen LogP contribution in [0.1, 0.15) is 33.3 Å². The van der Waals surface area contributed by atoms with Gasteiger partial charge in [-0.25, -0.2) is 4.98 Å². The number of nitrogens with one attached hydrogen (secondary N) is 1. The molecule has 112 valence electrons. The van der Waals surface area contributed by atoms with Crippen LogP contribution in [0.3, 0.4) is 0 Å². The lowest BCUT2D eigenvalue weighted by atomic mass is 9.87. The molecule has 0 saturated heterocycles. The van der Waals surface area contributed by atoms with Gasteiger partial charge >= 0.3 is 0 Å². The lowest BCUT2D eigenvalue weighted by molar-refractivity contribution is 0.590. The maximum Gasteiger partial charge on any atom is 0.223 e. The molecule has 0 unspecified atom stereocenters. The van der Waals surface area contributed by atoms with Crippen molar-refractivity contribution in [2.75, 3.05) is 17.6 Å². The van der Waals surface area contributed by atoms with Gasteiger partial charge < -0.3 is 11.1 Å². The number of nitrogen functional groups attached to an aromatic ring is 1. The van der Waals surface area contributed by atoms with Gasteiger partial charge in [-0.1, -0.05) is 44.7 Å². The Balaban J connectivity index is 2.18. The third-order valence-electron chi connectivity index (χ3n) is 3.02. The van der Waals surface area contributed by atoms with Crippen LogP contribution in [-0.4, -0.2) is 16.5 Å². The first kappa shape index (κ1) is 15.6. The number of hydrogen-bond donors (Lipinski definition) is 2. The van der Waals surface area contributed by atoms with Gasteiger partial charge in [0, 0.05) is 17.5 Å². The highest BCUT2D eigenvalue weighted by Crippen LogP contribution is 2.30. The number of nitrogens with two attached hydrogens (primary N) is 1. The minimum atomic E-state index is 0.167. The number of rotatable bonds is 4. The van der Waals surface area contributed by atoms with Crippen molar-refractivity contribution in [1.29, 1.82) is 0 Å². The Labute approximate surface area is 130 Å². The molecule has 1 aromatic heterocycles. The van der Waals surface area contributed by atoms with Gasteiger partial charge in [0.05, 0.1) is 0 Å². The maximum atomic E-state index is 5.75. The number of aromatic nitrogens is 2. The van der Waals surface area contributed by atoms with Crippen LogP contribution < -0.4 is 11.1 Å². The molecule has 1 heterocycles. The van der Waals surface area contributed by atoms with Crippen molar-refractivity contribution in [2.24, 2.45) is 0 Å². The fourth-order valence-electron chi connectivity index (χ4n) is 1.91. The molecule has 0 atom stereocenters. The zero-order valence-electron chi connectivity index (χ0n) is 13.0. The molecule has 0 spiro atoms. The molecule has 0 saturated carbocycles. The van der Waals surface area contributed by atoms with Crippen LogP contribution >= 0.6 is 11.8 Å². The first-order valence-electron chi connectivity index (χ1n) is 7.05. The van der Waals surface area contributed by atoms with Gasteiger partial charge in [-0.3, -0.25) is 0 Å². The summed E-state index contributed by atoms with van der Waals surface area (Å²) in [5.41, 5.74) is 7.24. The highest BCUT2D eigenvalue weighted by atomic mass is 32.2. The summed E-state index contributed by atoms with van der Waals surface area (Å²) in [4.78, 5) is 9.57. The second-order valence-electron chi connectivity index (χ2n) is 5.86.